The fourth-order valence-corrected chi connectivity index (χ4v) is 2.40. The van der Waals surface area contributed by atoms with Crippen LogP contribution in [0.2, 0.25) is 0 Å². The van der Waals surface area contributed by atoms with Crippen LogP contribution in [-0.2, 0) is 0 Å². The van der Waals surface area contributed by atoms with Crippen molar-refractivity contribution in [2.75, 3.05) is 23.7 Å². The van der Waals surface area contributed by atoms with E-state index >= 15 is 0 Å². The van der Waals surface area contributed by atoms with E-state index in [1.54, 1.807) is 0 Å². The van der Waals surface area contributed by atoms with Crippen molar-refractivity contribution in [3.05, 3.63) is 22.7 Å². The van der Waals surface area contributed by atoms with Crippen molar-refractivity contribution in [3.63, 3.8) is 0 Å². The number of hydrogen-bond acceptors (Lipinski definition) is 2. The zero-order chi connectivity index (χ0) is 11.0. The maximum Gasteiger partial charge on any atom is 0.0531 e. The summed E-state index contributed by atoms with van der Waals surface area (Å²) >= 11 is 3.57. The van der Waals surface area contributed by atoms with Gasteiger partial charge in [-0.2, -0.15) is 0 Å². The van der Waals surface area contributed by atoms with E-state index < -0.39 is 0 Å². The molecular weight excluding hydrogens is 252 g/mol. The summed E-state index contributed by atoms with van der Waals surface area (Å²) < 4.78 is 1.14. The first-order chi connectivity index (χ1) is 7.08. The molecule has 82 valence electrons. The molecule has 2 N–H and O–H groups in total. The van der Waals surface area contributed by atoms with Gasteiger partial charge in [-0.1, -0.05) is 13.8 Å². The SMILES string of the molecule is CC(C)C1CN(c2cc(N)ccc2Br)C1. The topological polar surface area (TPSA) is 29.3 Å². The Bertz CT molecular complexity index is 357. The average molecular weight is 269 g/mol. The van der Waals surface area contributed by atoms with Crippen LogP contribution in [0.5, 0.6) is 0 Å². The van der Waals surface area contributed by atoms with Gasteiger partial charge in [0, 0.05) is 23.2 Å². The van der Waals surface area contributed by atoms with Gasteiger partial charge in [-0.05, 0) is 46.0 Å². The molecule has 2 rings (SSSR count). The molecule has 0 atom stereocenters. The van der Waals surface area contributed by atoms with E-state index in [2.05, 4.69) is 34.7 Å². The molecule has 0 radical (unpaired) electrons. The van der Waals surface area contributed by atoms with Gasteiger partial charge in [-0.25, -0.2) is 0 Å². The Morgan fingerprint density at radius 1 is 1.40 bits per heavy atom. The van der Waals surface area contributed by atoms with E-state index in [1.165, 1.54) is 5.69 Å². The molecule has 1 aromatic rings. The van der Waals surface area contributed by atoms with Crippen LogP contribution in [-0.4, -0.2) is 13.1 Å². The molecule has 0 saturated carbocycles. The van der Waals surface area contributed by atoms with Crippen LogP contribution >= 0.6 is 15.9 Å². The van der Waals surface area contributed by atoms with Gasteiger partial charge in [0.15, 0.2) is 0 Å². The molecule has 1 aliphatic heterocycles. The summed E-state index contributed by atoms with van der Waals surface area (Å²) in [6, 6.07) is 5.99. The lowest BCUT2D eigenvalue weighted by Crippen LogP contribution is -2.49. The minimum atomic E-state index is 0.779. The fourth-order valence-electron chi connectivity index (χ4n) is 1.90. The summed E-state index contributed by atoms with van der Waals surface area (Å²) in [7, 11) is 0. The molecule has 3 heteroatoms. The number of nitrogens with zero attached hydrogens (tertiary/aromatic N) is 1. The standard InChI is InChI=1S/C12H17BrN2/c1-8(2)9-6-15(7-9)12-5-10(14)3-4-11(12)13/h3-5,8-9H,6-7,14H2,1-2H3. The van der Waals surface area contributed by atoms with Gasteiger partial charge < -0.3 is 10.6 Å². The highest BCUT2D eigenvalue weighted by Gasteiger charge is 2.30. The Morgan fingerprint density at radius 2 is 2.07 bits per heavy atom. The third-order valence-electron chi connectivity index (χ3n) is 3.16. The smallest absolute Gasteiger partial charge is 0.0531 e. The average Bonchev–Trinajstić information content (AvgIpc) is 2.08. The van der Waals surface area contributed by atoms with Gasteiger partial charge in [0.05, 0.1) is 5.69 Å². The third-order valence-corrected chi connectivity index (χ3v) is 3.83. The molecule has 2 nitrogen and oxygen atoms in total. The first kappa shape index (κ1) is 10.8. The lowest BCUT2D eigenvalue weighted by Gasteiger charge is -2.43. The van der Waals surface area contributed by atoms with Crippen molar-refractivity contribution < 1.29 is 0 Å². The van der Waals surface area contributed by atoms with Crippen molar-refractivity contribution in [3.8, 4) is 0 Å². The van der Waals surface area contributed by atoms with Crippen molar-refractivity contribution in [2.24, 2.45) is 11.8 Å². The number of nitrogen functional groups attached to an aromatic ring is 1. The highest BCUT2D eigenvalue weighted by Crippen LogP contribution is 2.35. The zero-order valence-electron chi connectivity index (χ0n) is 9.20. The highest BCUT2D eigenvalue weighted by atomic mass is 79.9. The van der Waals surface area contributed by atoms with Crippen molar-refractivity contribution in [1.29, 1.82) is 0 Å². The Morgan fingerprint density at radius 3 is 2.67 bits per heavy atom. The molecule has 0 amide bonds. The maximum absolute atomic E-state index is 5.79. The van der Waals surface area contributed by atoms with Crippen LogP contribution in [0.1, 0.15) is 13.8 Å². The van der Waals surface area contributed by atoms with Crippen molar-refractivity contribution in [1.82, 2.24) is 0 Å². The predicted molar refractivity (Wildman–Crippen MR) is 69.1 cm³/mol. The predicted octanol–water partition coefficient (Wildman–Crippen LogP) is 3.12. The number of rotatable bonds is 2. The third kappa shape index (κ3) is 2.12. The number of hydrogen-bond donors (Lipinski definition) is 1. The first-order valence-electron chi connectivity index (χ1n) is 5.38. The highest BCUT2D eigenvalue weighted by molar-refractivity contribution is 9.10. The lowest BCUT2D eigenvalue weighted by molar-refractivity contribution is 0.309. The molecule has 0 bridgehead atoms. The molecular formula is C12H17BrN2. The first-order valence-corrected chi connectivity index (χ1v) is 6.17. The lowest BCUT2D eigenvalue weighted by atomic mass is 9.88. The molecule has 1 aromatic carbocycles. The molecule has 1 aliphatic rings. The van der Waals surface area contributed by atoms with Crippen LogP contribution in [0.4, 0.5) is 11.4 Å². The molecule has 1 fully saturated rings. The van der Waals surface area contributed by atoms with Gasteiger partial charge in [0.2, 0.25) is 0 Å². The molecule has 1 heterocycles. The van der Waals surface area contributed by atoms with Crippen LogP contribution in [0.15, 0.2) is 22.7 Å². The van der Waals surface area contributed by atoms with Crippen LogP contribution in [0.3, 0.4) is 0 Å². The normalized spacial score (nSPS) is 16.9. The monoisotopic (exact) mass is 268 g/mol. The Hall–Kier alpha value is -0.700. The molecule has 0 spiro atoms. The van der Waals surface area contributed by atoms with E-state index in [0.29, 0.717) is 0 Å². The second-order valence-corrected chi connectivity index (χ2v) is 5.47. The number of halogens is 1. The van der Waals surface area contributed by atoms with Gasteiger partial charge in [-0.15, -0.1) is 0 Å². The van der Waals surface area contributed by atoms with Crippen LogP contribution in [0, 0.1) is 11.8 Å². The minimum Gasteiger partial charge on any atom is -0.399 e. The second-order valence-electron chi connectivity index (χ2n) is 4.62. The number of anilines is 2. The molecule has 0 unspecified atom stereocenters. The van der Waals surface area contributed by atoms with Gasteiger partial charge in [0.25, 0.3) is 0 Å². The molecule has 15 heavy (non-hydrogen) atoms. The van der Waals surface area contributed by atoms with Crippen molar-refractivity contribution in [2.45, 2.75) is 13.8 Å². The van der Waals surface area contributed by atoms with E-state index in [0.717, 1.165) is 35.1 Å². The zero-order valence-corrected chi connectivity index (χ0v) is 10.8. The maximum atomic E-state index is 5.79. The van der Waals surface area contributed by atoms with E-state index in [4.69, 9.17) is 5.73 Å². The Labute approximate surface area is 99.6 Å². The number of nitrogens with two attached hydrogens (primary N) is 1. The van der Waals surface area contributed by atoms with Gasteiger partial charge in [0.1, 0.15) is 0 Å². The van der Waals surface area contributed by atoms with E-state index in [9.17, 15) is 0 Å². The Kier molecular flexibility index (Phi) is 2.91. The fraction of sp³-hybridized carbons (Fsp3) is 0.500. The molecule has 1 saturated heterocycles. The summed E-state index contributed by atoms with van der Waals surface area (Å²) in [5, 5.41) is 0. The molecule has 0 aromatic heterocycles. The largest absolute Gasteiger partial charge is 0.399 e. The summed E-state index contributed by atoms with van der Waals surface area (Å²) in [5.41, 5.74) is 7.85. The van der Waals surface area contributed by atoms with Crippen LogP contribution < -0.4 is 10.6 Å². The van der Waals surface area contributed by atoms with Crippen molar-refractivity contribution >= 4 is 27.3 Å². The summed E-state index contributed by atoms with van der Waals surface area (Å²) in [4.78, 5) is 2.38. The van der Waals surface area contributed by atoms with Gasteiger partial charge in [-0.3, -0.25) is 0 Å². The van der Waals surface area contributed by atoms with Crippen LogP contribution in [0.25, 0.3) is 0 Å². The minimum absolute atomic E-state index is 0.779. The van der Waals surface area contributed by atoms with E-state index in [1.807, 2.05) is 18.2 Å². The Balaban J connectivity index is 2.09. The summed E-state index contributed by atoms with van der Waals surface area (Å²) in [6.45, 7) is 6.88. The molecule has 0 aliphatic carbocycles. The van der Waals surface area contributed by atoms with Gasteiger partial charge >= 0.3 is 0 Å². The number of benzene rings is 1. The van der Waals surface area contributed by atoms with E-state index in [-0.39, 0.29) is 0 Å². The second kappa shape index (κ2) is 4.05. The quantitative estimate of drug-likeness (QED) is 0.836. The summed E-state index contributed by atoms with van der Waals surface area (Å²) in [5.74, 6) is 1.61. The summed E-state index contributed by atoms with van der Waals surface area (Å²) in [6.07, 6.45) is 0.